The highest BCUT2D eigenvalue weighted by Crippen LogP contribution is 2.27. The maximum atomic E-state index is 12.0. The van der Waals surface area contributed by atoms with Crippen molar-refractivity contribution >= 4 is 11.9 Å². The number of nitrogens with zero attached hydrogens (tertiary/aromatic N) is 1. The van der Waals surface area contributed by atoms with Crippen LogP contribution in [-0.4, -0.2) is 48.7 Å². The summed E-state index contributed by atoms with van der Waals surface area (Å²) in [5.41, 5.74) is 1.00. The van der Waals surface area contributed by atoms with Crippen LogP contribution in [0, 0.1) is 6.92 Å². The van der Waals surface area contributed by atoms with Gasteiger partial charge in [0, 0.05) is 6.54 Å². The van der Waals surface area contributed by atoms with Crippen LogP contribution in [0.2, 0.25) is 0 Å². The quantitative estimate of drug-likeness (QED) is 0.735. The maximum absolute atomic E-state index is 12.0. The minimum absolute atomic E-state index is 0.152. The minimum atomic E-state index is -1.09. The third-order valence-electron chi connectivity index (χ3n) is 2.70. The number of aliphatic carboxylic acids is 1. The van der Waals surface area contributed by atoms with Gasteiger partial charge in [-0.15, -0.1) is 6.58 Å². The van der Waals surface area contributed by atoms with E-state index < -0.39 is 11.9 Å². The van der Waals surface area contributed by atoms with Gasteiger partial charge in [-0.25, -0.2) is 0 Å². The Morgan fingerprint density at radius 1 is 1.38 bits per heavy atom. The maximum Gasteiger partial charge on any atom is 0.323 e. The number of carbonyl (C=O) groups is 2. The Kier molecular flexibility index (Phi) is 6.26. The van der Waals surface area contributed by atoms with Crippen molar-refractivity contribution < 1.29 is 24.2 Å². The predicted octanol–water partition coefficient (Wildman–Crippen LogP) is 1.48. The average Bonchev–Trinajstić information content (AvgIpc) is 2.44. The average molecular weight is 293 g/mol. The molecule has 0 unspecified atom stereocenters. The van der Waals surface area contributed by atoms with Crippen LogP contribution < -0.4 is 9.47 Å². The number of hydrogen-bond donors (Lipinski definition) is 1. The second-order valence-electron chi connectivity index (χ2n) is 4.40. The number of carboxylic acids is 1. The molecule has 1 N–H and O–H groups in total. The van der Waals surface area contributed by atoms with Gasteiger partial charge in [-0.1, -0.05) is 12.1 Å². The van der Waals surface area contributed by atoms with Gasteiger partial charge in [0.15, 0.2) is 18.1 Å². The molecule has 0 saturated carbocycles. The summed E-state index contributed by atoms with van der Waals surface area (Å²) in [7, 11) is 1.51. The van der Waals surface area contributed by atoms with Crippen molar-refractivity contribution in [2.24, 2.45) is 0 Å². The molecular weight excluding hydrogens is 274 g/mol. The van der Waals surface area contributed by atoms with Gasteiger partial charge in [-0.05, 0) is 24.6 Å². The standard InChI is InChI=1S/C15H19NO5/c1-4-7-16(9-15(18)19)14(17)10-21-12-6-5-11(2)8-13(12)20-3/h4-6,8H,1,7,9-10H2,2-3H3,(H,18,19). The van der Waals surface area contributed by atoms with Crippen molar-refractivity contribution in [1.29, 1.82) is 0 Å². The summed E-state index contributed by atoms with van der Waals surface area (Å²) >= 11 is 0. The molecule has 0 aliphatic carbocycles. The molecule has 1 amide bonds. The largest absolute Gasteiger partial charge is 0.493 e. The molecule has 6 heteroatoms. The summed E-state index contributed by atoms with van der Waals surface area (Å²) in [4.78, 5) is 23.8. The van der Waals surface area contributed by atoms with Gasteiger partial charge in [-0.2, -0.15) is 0 Å². The Labute approximate surface area is 123 Å². The fourth-order valence-electron chi connectivity index (χ4n) is 1.70. The molecule has 114 valence electrons. The molecule has 0 atom stereocenters. The predicted molar refractivity (Wildman–Crippen MR) is 77.6 cm³/mol. The second-order valence-corrected chi connectivity index (χ2v) is 4.40. The molecule has 0 bridgehead atoms. The van der Waals surface area contributed by atoms with E-state index >= 15 is 0 Å². The number of amides is 1. The lowest BCUT2D eigenvalue weighted by molar-refractivity contribution is -0.144. The lowest BCUT2D eigenvalue weighted by atomic mass is 10.2. The van der Waals surface area contributed by atoms with E-state index in [1.165, 1.54) is 13.2 Å². The zero-order valence-electron chi connectivity index (χ0n) is 12.2. The first-order chi connectivity index (χ1) is 9.97. The molecule has 0 aliphatic heterocycles. The fourth-order valence-corrected chi connectivity index (χ4v) is 1.70. The monoisotopic (exact) mass is 293 g/mol. The summed E-state index contributed by atoms with van der Waals surface area (Å²) in [5, 5.41) is 8.77. The molecule has 6 nitrogen and oxygen atoms in total. The molecular formula is C15H19NO5. The minimum Gasteiger partial charge on any atom is -0.493 e. The molecule has 0 aliphatic rings. The summed E-state index contributed by atoms with van der Waals surface area (Å²) in [6, 6.07) is 5.33. The van der Waals surface area contributed by atoms with Crippen LogP contribution in [0.5, 0.6) is 11.5 Å². The normalized spacial score (nSPS) is 9.81. The van der Waals surface area contributed by atoms with E-state index in [0.717, 1.165) is 10.5 Å². The van der Waals surface area contributed by atoms with Crippen LogP contribution in [0.4, 0.5) is 0 Å². The van der Waals surface area contributed by atoms with E-state index in [0.29, 0.717) is 11.5 Å². The Balaban J connectivity index is 2.70. The first-order valence-corrected chi connectivity index (χ1v) is 6.35. The smallest absolute Gasteiger partial charge is 0.323 e. The molecule has 0 heterocycles. The summed E-state index contributed by atoms with van der Waals surface area (Å²) in [6.45, 7) is 4.91. The fraction of sp³-hybridized carbons (Fsp3) is 0.333. The van der Waals surface area contributed by atoms with Crippen molar-refractivity contribution in [3.05, 3.63) is 36.4 Å². The zero-order valence-corrected chi connectivity index (χ0v) is 12.2. The number of ether oxygens (including phenoxy) is 2. The molecule has 21 heavy (non-hydrogen) atoms. The van der Waals surface area contributed by atoms with Gasteiger partial charge < -0.3 is 19.5 Å². The topological polar surface area (TPSA) is 76.1 Å². The number of benzene rings is 1. The molecule has 0 fully saturated rings. The highest BCUT2D eigenvalue weighted by atomic mass is 16.5. The highest BCUT2D eigenvalue weighted by molar-refractivity contribution is 5.82. The number of carboxylic acid groups (broad SMARTS) is 1. The van der Waals surface area contributed by atoms with Crippen molar-refractivity contribution in [2.45, 2.75) is 6.92 Å². The molecule has 1 aromatic carbocycles. The van der Waals surface area contributed by atoms with Crippen LogP contribution in [0.1, 0.15) is 5.56 Å². The van der Waals surface area contributed by atoms with Crippen LogP contribution in [0.25, 0.3) is 0 Å². The van der Waals surface area contributed by atoms with E-state index in [1.54, 1.807) is 12.1 Å². The van der Waals surface area contributed by atoms with Crippen LogP contribution in [0.15, 0.2) is 30.9 Å². The SMILES string of the molecule is C=CCN(CC(=O)O)C(=O)COc1ccc(C)cc1OC. The lowest BCUT2D eigenvalue weighted by Crippen LogP contribution is -2.38. The van der Waals surface area contributed by atoms with E-state index in [1.807, 2.05) is 13.0 Å². The number of methoxy groups -OCH3 is 1. The third kappa shape index (κ3) is 5.18. The van der Waals surface area contributed by atoms with Crippen molar-refractivity contribution in [2.75, 3.05) is 26.8 Å². The first-order valence-electron chi connectivity index (χ1n) is 6.35. The Bertz CT molecular complexity index is 527. The van der Waals surface area contributed by atoms with Gasteiger partial charge in [0.05, 0.1) is 7.11 Å². The Morgan fingerprint density at radius 2 is 2.10 bits per heavy atom. The van der Waals surface area contributed by atoms with E-state index in [-0.39, 0.29) is 19.7 Å². The zero-order chi connectivity index (χ0) is 15.8. The number of carbonyl (C=O) groups excluding carboxylic acids is 1. The van der Waals surface area contributed by atoms with Gasteiger partial charge in [0.1, 0.15) is 6.54 Å². The van der Waals surface area contributed by atoms with Crippen molar-refractivity contribution in [1.82, 2.24) is 4.90 Å². The summed E-state index contributed by atoms with van der Waals surface area (Å²) in [6.07, 6.45) is 1.47. The van der Waals surface area contributed by atoms with Gasteiger partial charge in [0.25, 0.3) is 5.91 Å². The molecule has 1 rings (SSSR count). The van der Waals surface area contributed by atoms with Crippen LogP contribution in [0.3, 0.4) is 0 Å². The molecule has 1 aromatic rings. The van der Waals surface area contributed by atoms with E-state index in [2.05, 4.69) is 6.58 Å². The number of rotatable bonds is 8. The first kappa shape index (κ1) is 16.6. The van der Waals surface area contributed by atoms with Gasteiger partial charge in [-0.3, -0.25) is 9.59 Å². The Hall–Kier alpha value is -2.50. The van der Waals surface area contributed by atoms with Gasteiger partial charge >= 0.3 is 5.97 Å². The summed E-state index contributed by atoms with van der Waals surface area (Å²) in [5.74, 6) is -0.556. The van der Waals surface area contributed by atoms with Crippen molar-refractivity contribution in [3.8, 4) is 11.5 Å². The lowest BCUT2D eigenvalue weighted by Gasteiger charge is -2.19. The number of aryl methyl sites for hydroxylation is 1. The van der Waals surface area contributed by atoms with Crippen LogP contribution in [-0.2, 0) is 9.59 Å². The van der Waals surface area contributed by atoms with E-state index in [4.69, 9.17) is 14.6 Å². The third-order valence-corrected chi connectivity index (χ3v) is 2.70. The molecule has 0 aromatic heterocycles. The number of hydrogen-bond acceptors (Lipinski definition) is 4. The molecule has 0 spiro atoms. The molecule has 0 radical (unpaired) electrons. The highest BCUT2D eigenvalue weighted by Gasteiger charge is 2.16. The molecule has 0 saturated heterocycles. The second kappa shape index (κ2) is 7.94. The van der Waals surface area contributed by atoms with Gasteiger partial charge in [0.2, 0.25) is 0 Å². The Morgan fingerprint density at radius 3 is 2.67 bits per heavy atom. The summed E-state index contributed by atoms with van der Waals surface area (Å²) < 4.78 is 10.6. The van der Waals surface area contributed by atoms with Crippen LogP contribution >= 0.6 is 0 Å². The van der Waals surface area contributed by atoms with E-state index in [9.17, 15) is 9.59 Å². The van der Waals surface area contributed by atoms with Crippen molar-refractivity contribution in [3.63, 3.8) is 0 Å².